The van der Waals surface area contributed by atoms with Crippen LogP contribution in [0.2, 0.25) is 0 Å². The molecule has 1 aromatic carbocycles. The first-order chi connectivity index (χ1) is 9.37. The molecular formula is C16H24FNO2. The van der Waals surface area contributed by atoms with Gasteiger partial charge in [0.2, 0.25) is 0 Å². The lowest BCUT2D eigenvalue weighted by Crippen LogP contribution is -2.24. The minimum atomic E-state index is -1.12. The number of carboxylic acids is 1. The maximum absolute atomic E-state index is 13.8. The van der Waals surface area contributed by atoms with Gasteiger partial charge in [-0.25, -0.2) is 9.18 Å². The highest BCUT2D eigenvalue weighted by molar-refractivity contribution is 5.94. The summed E-state index contributed by atoms with van der Waals surface area (Å²) in [6.07, 6.45) is 4.52. The van der Waals surface area contributed by atoms with Crippen LogP contribution >= 0.6 is 0 Å². The van der Waals surface area contributed by atoms with E-state index in [1.54, 1.807) is 0 Å². The van der Waals surface area contributed by atoms with Crippen LogP contribution in [0.3, 0.4) is 0 Å². The van der Waals surface area contributed by atoms with Crippen molar-refractivity contribution in [2.45, 2.75) is 46.5 Å². The molecule has 112 valence electrons. The third-order valence-corrected chi connectivity index (χ3v) is 3.44. The zero-order chi connectivity index (χ0) is 15.2. The second-order valence-corrected chi connectivity index (χ2v) is 5.94. The van der Waals surface area contributed by atoms with Gasteiger partial charge in [0.1, 0.15) is 5.82 Å². The Morgan fingerprint density at radius 3 is 2.65 bits per heavy atom. The molecule has 0 aliphatic heterocycles. The van der Waals surface area contributed by atoms with Crippen molar-refractivity contribution < 1.29 is 14.3 Å². The Bertz CT molecular complexity index is 458. The first kappa shape index (κ1) is 16.5. The molecule has 20 heavy (non-hydrogen) atoms. The molecule has 0 fully saturated rings. The second kappa shape index (κ2) is 7.27. The Hall–Kier alpha value is -1.58. The van der Waals surface area contributed by atoms with Crippen LogP contribution in [0.25, 0.3) is 0 Å². The summed E-state index contributed by atoms with van der Waals surface area (Å²) in [5, 5.41) is 12.1. The zero-order valence-electron chi connectivity index (χ0n) is 12.5. The highest BCUT2D eigenvalue weighted by Gasteiger charge is 2.20. The fourth-order valence-corrected chi connectivity index (χ4v) is 2.15. The molecule has 0 bridgehead atoms. The van der Waals surface area contributed by atoms with Crippen LogP contribution < -0.4 is 5.32 Å². The predicted octanol–water partition coefficient (Wildman–Crippen LogP) is 4.54. The lowest BCUT2D eigenvalue weighted by Gasteiger charge is -2.26. The van der Waals surface area contributed by atoms with Gasteiger partial charge in [-0.3, -0.25) is 0 Å². The smallest absolute Gasteiger partial charge is 0.337 e. The number of carbonyl (C=O) groups is 1. The molecule has 0 heterocycles. The van der Waals surface area contributed by atoms with Crippen LogP contribution in [-0.4, -0.2) is 17.6 Å². The predicted molar refractivity (Wildman–Crippen MR) is 79.8 cm³/mol. The molecule has 0 saturated heterocycles. The molecule has 0 spiro atoms. The van der Waals surface area contributed by atoms with E-state index in [0.29, 0.717) is 6.54 Å². The highest BCUT2D eigenvalue weighted by Crippen LogP contribution is 2.26. The lowest BCUT2D eigenvalue weighted by molar-refractivity contribution is 0.0697. The molecule has 0 radical (unpaired) electrons. The second-order valence-electron chi connectivity index (χ2n) is 5.94. The molecule has 1 aromatic rings. The molecule has 1 rings (SSSR count). The molecule has 4 heteroatoms. The summed E-state index contributed by atoms with van der Waals surface area (Å²) in [7, 11) is 0. The van der Waals surface area contributed by atoms with E-state index >= 15 is 0 Å². The summed E-state index contributed by atoms with van der Waals surface area (Å²) in [4.78, 5) is 11.1. The Morgan fingerprint density at radius 1 is 1.35 bits per heavy atom. The normalized spacial score (nSPS) is 11.4. The van der Waals surface area contributed by atoms with Crippen molar-refractivity contribution in [2.75, 3.05) is 11.9 Å². The Balaban J connectivity index is 2.72. The minimum absolute atomic E-state index is 0.00717. The summed E-state index contributed by atoms with van der Waals surface area (Å²) < 4.78 is 13.8. The summed E-state index contributed by atoms with van der Waals surface area (Å²) >= 11 is 0. The number of nitrogens with one attached hydrogen (secondary N) is 1. The van der Waals surface area contributed by atoms with Crippen LogP contribution in [0, 0.1) is 11.2 Å². The summed E-state index contributed by atoms with van der Waals surface area (Å²) in [6, 6.07) is 4.10. The van der Waals surface area contributed by atoms with Crippen molar-refractivity contribution >= 4 is 11.7 Å². The zero-order valence-corrected chi connectivity index (χ0v) is 12.5. The van der Waals surface area contributed by atoms with E-state index in [1.165, 1.54) is 31.0 Å². The van der Waals surface area contributed by atoms with E-state index in [0.717, 1.165) is 12.8 Å². The molecule has 0 saturated carbocycles. The summed E-state index contributed by atoms with van der Waals surface area (Å²) in [6.45, 7) is 6.93. The van der Waals surface area contributed by atoms with Gasteiger partial charge in [0.25, 0.3) is 0 Å². The number of hydrogen-bond acceptors (Lipinski definition) is 2. The molecule has 3 nitrogen and oxygen atoms in total. The van der Waals surface area contributed by atoms with Gasteiger partial charge in [-0.2, -0.15) is 0 Å². The topological polar surface area (TPSA) is 49.3 Å². The van der Waals surface area contributed by atoms with E-state index in [2.05, 4.69) is 26.1 Å². The van der Waals surface area contributed by atoms with Crippen LogP contribution in [0.5, 0.6) is 0 Å². The number of para-hydroxylation sites is 1. The number of anilines is 1. The summed E-state index contributed by atoms with van der Waals surface area (Å²) in [5.74, 6) is -1.63. The first-order valence-corrected chi connectivity index (χ1v) is 7.13. The summed E-state index contributed by atoms with van der Waals surface area (Å²) in [5.41, 5.74) is 0.0747. The third-order valence-electron chi connectivity index (χ3n) is 3.44. The number of halogens is 1. The van der Waals surface area contributed by atoms with Crippen molar-refractivity contribution in [1.29, 1.82) is 0 Å². The van der Waals surface area contributed by atoms with Crippen molar-refractivity contribution in [3.05, 3.63) is 29.6 Å². The van der Waals surface area contributed by atoms with E-state index < -0.39 is 11.8 Å². The number of unbranched alkanes of at least 4 members (excludes halogenated alkanes) is 2. The van der Waals surface area contributed by atoms with Gasteiger partial charge in [-0.15, -0.1) is 0 Å². The van der Waals surface area contributed by atoms with Gasteiger partial charge in [0.15, 0.2) is 0 Å². The molecule has 2 N–H and O–H groups in total. The molecular weight excluding hydrogens is 257 g/mol. The molecule has 0 amide bonds. The quantitative estimate of drug-likeness (QED) is 0.688. The third kappa shape index (κ3) is 4.83. The molecule has 0 aliphatic carbocycles. The van der Waals surface area contributed by atoms with Gasteiger partial charge in [-0.05, 0) is 24.0 Å². The Kier molecular flexibility index (Phi) is 5.99. The molecule has 0 unspecified atom stereocenters. The number of aromatic carboxylic acids is 1. The molecule has 0 atom stereocenters. The largest absolute Gasteiger partial charge is 0.478 e. The lowest BCUT2D eigenvalue weighted by atomic mass is 9.86. The van der Waals surface area contributed by atoms with Crippen molar-refractivity contribution in [2.24, 2.45) is 5.41 Å². The number of hydrogen-bond donors (Lipinski definition) is 2. The minimum Gasteiger partial charge on any atom is -0.478 e. The van der Waals surface area contributed by atoms with Gasteiger partial charge in [0, 0.05) is 6.54 Å². The maximum Gasteiger partial charge on any atom is 0.337 e. The SMILES string of the molecule is CCCCCC(C)(C)CNc1c(F)cccc1C(=O)O. The average molecular weight is 281 g/mol. The van der Waals surface area contributed by atoms with Crippen molar-refractivity contribution in [1.82, 2.24) is 0 Å². The van der Waals surface area contributed by atoms with E-state index in [-0.39, 0.29) is 16.7 Å². The fraction of sp³-hybridized carbons (Fsp3) is 0.562. The number of benzene rings is 1. The van der Waals surface area contributed by atoms with E-state index in [9.17, 15) is 9.18 Å². The van der Waals surface area contributed by atoms with Gasteiger partial charge in [0.05, 0.1) is 11.3 Å². The van der Waals surface area contributed by atoms with Crippen molar-refractivity contribution in [3.8, 4) is 0 Å². The molecule has 0 aromatic heterocycles. The van der Waals surface area contributed by atoms with Crippen LogP contribution in [0.1, 0.15) is 56.8 Å². The van der Waals surface area contributed by atoms with Gasteiger partial charge in [-0.1, -0.05) is 46.1 Å². The van der Waals surface area contributed by atoms with Crippen LogP contribution in [0.4, 0.5) is 10.1 Å². The molecule has 0 aliphatic rings. The van der Waals surface area contributed by atoms with E-state index in [4.69, 9.17) is 5.11 Å². The monoisotopic (exact) mass is 281 g/mol. The maximum atomic E-state index is 13.8. The van der Waals surface area contributed by atoms with E-state index in [1.807, 2.05) is 0 Å². The average Bonchev–Trinajstić information content (AvgIpc) is 2.37. The standard InChI is InChI=1S/C16H24FNO2/c1-4-5-6-10-16(2,3)11-18-14-12(15(19)20)8-7-9-13(14)17/h7-9,18H,4-6,10-11H2,1-3H3,(H,19,20). The Labute approximate surface area is 120 Å². The van der Waals surface area contributed by atoms with Crippen LogP contribution in [0.15, 0.2) is 18.2 Å². The highest BCUT2D eigenvalue weighted by atomic mass is 19.1. The van der Waals surface area contributed by atoms with Gasteiger partial charge >= 0.3 is 5.97 Å². The van der Waals surface area contributed by atoms with Gasteiger partial charge < -0.3 is 10.4 Å². The first-order valence-electron chi connectivity index (χ1n) is 7.13. The number of rotatable bonds is 8. The Morgan fingerprint density at radius 2 is 2.05 bits per heavy atom. The van der Waals surface area contributed by atoms with Crippen LogP contribution in [-0.2, 0) is 0 Å². The fourth-order valence-electron chi connectivity index (χ4n) is 2.15. The van der Waals surface area contributed by atoms with Crippen molar-refractivity contribution in [3.63, 3.8) is 0 Å². The number of carboxylic acid groups (broad SMARTS) is 1.